The molecule has 0 saturated heterocycles. The van der Waals surface area contributed by atoms with E-state index in [9.17, 15) is 4.39 Å². The van der Waals surface area contributed by atoms with Gasteiger partial charge in [0.15, 0.2) is 0 Å². The van der Waals surface area contributed by atoms with Crippen molar-refractivity contribution in [3.8, 4) is 0 Å². The van der Waals surface area contributed by atoms with Crippen LogP contribution < -0.4 is 5.73 Å². The van der Waals surface area contributed by atoms with Gasteiger partial charge in [-0.05, 0) is 31.0 Å². The van der Waals surface area contributed by atoms with Crippen LogP contribution in [0.4, 0.5) is 4.39 Å². The molecule has 0 spiro atoms. The number of hydrogen-bond acceptors (Lipinski definition) is 3. The fraction of sp³-hybridized carbons (Fsp3) is 0.533. The van der Waals surface area contributed by atoms with Gasteiger partial charge in [-0.15, -0.1) is 11.3 Å². The van der Waals surface area contributed by atoms with Gasteiger partial charge in [-0.2, -0.15) is 0 Å². The smallest absolute Gasteiger partial charge is 0.124 e. The van der Waals surface area contributed by atoms with E-state index in [0.29, 0.717) is 6.54 Å². The predicted molar refractivity (Wildman–Crippen MR) is 78.0 cm³/mol. The van der Waals surface area contributed by atoms with E-state index in [4.69, 9.17) is 10.7 Å². The quantitative estimate of drug-likeness (QED) is 0.844. The molecule has 1 aromatic heterocycles. The summed E-state index contributed by atoms with van der Waals surface area (Å²) in [7, 11) is 0. The van der Waals surface area contributed by atoms with E-state index in [-0.39, 0.29) is 11.2 Å². The number of halogens is 1. The molecule has 2 N–H and O–H groups in total. The Labute approximate surface area is 116 Å². The van der Waals surface area contributed by atoms with Crippen LogP contribution in [-0.4, -0.2) is 11.5 Å². The van der Waals surface area contributed by atoms with Crippen LogP contribution in [0.2, 0.25) is 0 Å². The molecule has 1 aliphatic carbocycles. The molecule has 0 bridgehead atoms. The highest BCUT2D eigenvalue weighted by molar-refractivity contribution is 7.18. The first kappa shape index (κ1) is 13.0. The third kappa shape index (κ3) is 2.39. The summed E-state index contributed by atoms with van der Waals surface area (Å²) in [4.78, 5) is 4.73. The van der Waals surface area contributed by atoms with Crippen molar-refractivity contribution in [2.75, 3.05) is 6.54 Å². The molecule has 3 rings (SSSR count). The Morgan fingerprint density at radius 1 is 1.21 bits per heavy atom. The number of benzene rings is 1. The number of nitrogens with zero attached hydrogens (tertiary/aromatic N) is 1. The molecule has 0 amide bonds. The third-order valence-electron chi connectivity index (χ3n) is 4.26. The van der Waals surface area contributed by atoms with Crippen molar-refractivity contribution in [3.05, 3.63) is 29.0 Å². The number of aromatic nitrogens is 1. The van der Waals surface area contributed by atoms with Crippen LogP contribution in [-0.2, 0) is 5.41 Å². The number of fused-ring (bicyclic) bond motifs is 1. The monoisotopic (exact) mass is 278 g/mol. The first-order valence-corrected chi connectivity index (χ1v) is 7.82. The highest BCUT2D eigenvalue weighted by atomic mass is 32.1. The third-order valence-corrected chi connectivity index (χ3v) is 5.52. The van der Waals surface area contributed by atoms with E-state index in [1.54, 1.807) is 23.5 Å². The van der Waals surface area contributed by atoms with Crippen molar-refractivity contribution in [3.63, 3.8) is 0 Å². The Kier molecular flexibility index (Phi) is 3.54. The standard InChI is InChI=1S/C15H19FN2S/c16-11-5-6-12-13(9-11)19-14(18-12)15(10-17)7-3-1-2-4-8-15/h5-6,9H,1-4,7-8,10,17H2. The lowest BCUT2D eigenvalue weighted by molar-refractivity contribution is 0.380. The van der Waals surface area contributed by atoms with E-state index in [2.05, 4.69) is 0 Å². The average molecular weight is 278 g/mol. The van der Waals surface area contributed by atoms with Crippen molar-refractivity contribution in [2.45, 2.75) is 43.9 Å². The summed E-state index contributed by atoms with van der Waals surface area (Å²) in [6.45, 7) is 0.648. The Balaban J connectivity index is 2.04. The van der Waals surface area contributed by atoms with Crippen LogP contribution in [0.1, 0.15) is 43.5 Å². The molecule has 2 aromatic rings. The zero-order valence-corrected chi connectivity index (χ0v) is 11.8. The molecule has 1 saturated carbocycles. The summed E-state index contributed by atoms with van der Waals surface area (Å²) >= 11 is 1.62. The fourth-order valence-electron chi connectivity index (χ4n) is 3.04. The van der Waals surface area contributed by atoms with E-state index in [0.717, 1.165) is 28.1 Å². The molecular weight excluding hydrogens is 259 g/mol. The normalized spacial score (nSPS) is 19.5. The molecule has 19 heavy (non-hydrogen) atoms. The lowest BCUT2D eigenvalue weighted by atomic mass is 9.81. The molecule has 1 heterocycles. The molecular formula is C15H19FN2S. The zero-order valence-electron chi connectivity index (χ0n) is 11.0. The highest BCUT2D eigenvalue weighted by Gasteiger charge is 2.34. The Hall–Kier alpha value is -1.000. The summed E-state index contributed by atoms with van der Waals surface area (Å²) in [5.74, 6) is -0.189. The van der Waals surface area contributed by atoms with E-state index >= 15 is 0 Å². The molecule has 1 fully saturated rings. The second-order valence-electron chi connectivity index (χ2n) is 5.53. The summed E-state index contributed by atoms with van der Waals surface area (Å²) in [5, 5.41) is 1.11. The summed E-state index contributed by atoms with van der Waals surface area (Å²) < 4.78 is 14.2. The van der Waals surface area contributed by atoms with Crippen molar-refractivity contribution < 1.29 is 4.39 Å². The van der Waals surface area contributed by atoms with Gasteiger partial charge in [0.25, 0.3) is 0 Å². The van der Waals surface area contributed by atoms with Gasteiger partial charge in [-0.1, -0.05) is 25.7 Å². The highest BCUT2D eigenvalue weighted by Crippen LogP contribution is 2.40. The molecule has 0 unspecified atom stereocenters. The lowest BCUT2D eigenvalue weighted by Crippen LogP contribution is -2.34. The van der Waals surface area contributed by atoms with Crippen LogP contribution in [0, 0.1) is 5.82 Å². The van der Waals surface area contributed by atoms with Gasteiger partial charge in [0.05, 0.1) is 10.2 Å². The van der Waals surface area contributed by atoms with Crippen LogP contribution in [0.5, 0.6) is 0 Å². The van der Waals surface area contributed by atoms with Crippen molar-refractivity contribution >= 4 is 21.6 Å². The van der Waals surface area contributed by atoms with Crippen LogP contribution in [0.15, 0.2) is 18.2 Å². The maximum absolute atomic E-state index is 13.3. The maximum atomic E-state index is 13.3. The average Bonchev–Trinajstić information content (AvgIpc) is 2.69. The zero-order chi connectivity index (χ0) is 13.3. The number of hydrogen-bond donors (Lipinski definition) is 1. The van der Waals surface area contributed by atoms with Gasteiger partial charge in [-0.3, -0.25) is 0 Å². The minimum atomic E-state index is -0.189. The molecule has 1 aliphatic rings. The van der Waals surface area contributed by atoms with Crippen LogP contribution in [0.3, 0.4) is 0 Å². The van der Waals surface area contributed by atoms with Gasteiger partial charge in [-0.25, -0.2) is 9.37 Å². The number of thiazole rings is 1. The van der Waals surface area contributed by atoms with Crippen molar-refractivity contribution in [1.82, 2.24) is 4.98 Å². The second-order valence-corrected chi connectivity index (χ2v) is 6.56. The van der Waals surface area contributed by atoms with Gasteiger partial charge in [0.1, 0.15) is 10.8 Å². The Morgan fingerprint density at radius 2 is 1.95 bits per heavy atom. The largest absolute Gasteiger partial charge is 0.329 e. The predicted octanol–water partition coefficient (Wildman–Crippen LogP) is 3.99. The topological polar surface area (TPSA) is 38.9 Å². The summed E-state index contributed by atoms with van der Waals surface area (Å²) in [6.07, 6.45) is 7.27. The Morgan fingerprint density at radius 3 is 2.63 bits per heavy atom. The lowest BCUT2D eigenvalue weighted by Gasteiger charge is -2.28. The molecule has 0 radical (unpaired) electrons. The van der Waals surface area contributed by atoms with Crippen LogP contribution in [0.25, 0.3) is 10.2 Å². The molecule has 4 heteroatoms. The first-order valence-electron chi connectivity index (χ1n) is 7.00. The maximum Gasteiger partial charge on any atom is 0.124 e. The number of rotatable bonds is 2. The summed E-state index contributed by atoms with van der Waals surface area (Å²) in [6, 6.07) is 4.83. The number of nitrogens with two attached hydrogens (primary N) is 1. The SMILES string of the molecule is NCC1(c2nc3ccc(F)cc3s2)CCCCCC1. The first-order chi connectivity index (χ1) is 9.23. The van der Waals surface area contributed by atoms with Crippen molar-refractivity contribution in [2.24, 2.45) is 5.73 Å². The van der Waals surface area contributed by atoms with E-state index in [1.807, 2.05) is 0 Å². The van der Waals surface area contributed by atoms with E-state index in [1.165, 1.54) is 31.7 Å². The molecule has 2 nitrogen and oxygen atoms in total. The molecule has 102 valence electrons. The van der Waals surface area contributed by atoms with Gasteiger partial charge < -0.3 is 5.73 Å². The van der Waals surface area contributed by atoms with Gasteiger partial charge in [0.2, 0.25) is 0 Å². The van der Waals surface area contributed by atoms with Crippen molar-refractivity contribution in [1.29, 1.82) is 0 Å². The van der Waals surface area contributed by atoms with Gasteiger partial charge in [0, 0.05) is 12.0 Å². The minimum Gasteiger partial charge on any atom is -0.329 e. The van der Waals surface area contributed by atoms with E-state index < -0.39 is 0 Å². The fourth-order valence-corrected chi connectivity index (χ4v) is 4.28. The molecule has 0 aliphatic heterocycles. The second kappa shape index (κ2) is 5.17. The minimum absolute atomic E-state index is 0.0245. The molecule has 1 aromatic carbocycles. The summed E-state index contributed by atoms with van der Waals surface area (Å²) in [5.41, 5.74) is 7.01. The molecule has 0 atom stereocenters. The van der Waals surface area contributed by atoms with Gasteiger partial charge >= 0.3 is 0 Å². The Bertz CT molecular complexity index is 571. The van der Waals surface area contributed by atoms with Crippen LogP contribution >= 0.6 is 11.3 Å².